The highest BCUT2D eigenvalue weighted by atomic mass is 14.3. The Balaban J connectivity index is 1.54. The molecule has 32 heavy (non-hydrogen) atoms. The van der Waals surface area contributed by atoms with Crippen molar-refractivity contribution in [1.29, 1.82) is 0 Å². The minimum Gasteiger partial charge on any atom is -0.0622 e. The van der Waals surface area contributed by atoms with Crippen LogP contribution in [0.15, 0.2) is 109 Å². The second-order valence-electron chi connectivity index (χ2n) is 8.88. The number of rotatable bonds is 2. The first-order valence-corrected chi connectivity index (χ1v) is 11.4. The molecule has 0 nitrogen and oxygen atoms in total. The van der Waals surface area contributed by atoms with Crippen molar-refractivity contribution in [1.82, 2.24) is 0 Å². The molecule has 7 rings (SSSR count). The summed E-state index contributed by atoms with van der Waals surface area (Å²) >= 11 is 0. The van der Waals surface area contributed by atoms with Crippen LogP contribution in [0.25, 0.3) is 44.5 Å². The standard InChI is InChI=1S/C32H22/c1-2-9-21(10-3-1)26-17-18-28-25-14-7-5-12-23(25)20-31(28)32(26)29-16-8-15-27-24-13-6-4-11-22(24)19-30(27)29/h1-18H,19-20H2. The molecule has 0 aromatic heterocycles. The van der Waals surface area contributed by atoms with Gasteiger partial charge in [-0.2, -0.15) is 0 Å². The summed E-state index contributed by atoms with van der Waals surface area (Å²) < 4.78 is 0. The Hall–Kier alpha value is -3.90. The Morgan fingerprint density at radius 2 is 0.875 bits per heavy atom. The van der Waals surface area contributed by atoms with Gasteiger partial charge in [-0.3, -0.25) is 0 Å². The zero-order valence-electron chi connectivity index (χ0n) is 17.8. The summed E-state index contributed by atoms with van der Waals surface area (Å²) in [5, 5.41) is 0. The van der Waals surface area contributed by atoms with Crippen molar-refractivity contribution in [2.45, 2.75) is 12.8 Å². The van der Waals surface area contributed by atoms with Gasteiger partial charge in [-0.25, -0.2) is 0 Å². The van der Waals surface area contributed by atoms with Crippen molar-refractivity contribution in [3.8, 4) is 44.5 Å². The third-order valence-corrected chi connectivity index (χ3v) is 7.19. The average Bonchev–Trinajstić information content (AvgIpc) is 3.42. The molecule has 2 aliphatic carbocycles. The van der Waals surface area contributed by atoms with E-state index in [2.05, 4.69) is 109 Å². The zero-order chi connectivity index (χ0) is 21.1. The minimum absolute atomic E-state index is 0.998. The summed E-state index contributed by atoms with van der Waals surface area (Å²) in [5.74, 6) is 0. The summed E-state index contributed by atoms with van der Waals surface area (Å²) in [6.45, 7) is 0. The van der Waals surface area contributed by atoms with Gasteiger partial charge >= 0.3 is 0 Å². The van der Waals surface area contributed by atoms with E-state index in [1.54, 1.807) is 0 Å². The van der Waals surface area contributed by atoms with Crippen molar-refractivity contribution in [2.24, 2.45) is 0 Å². The fraction of sp³-hybridized carbons (Fsp3) is 0.0625. The quantitative estimate of drug-likeness (QED) is 0.272. The Morgan fingerprint density at radius 1 is 0.344 bits per heavy atom. The lowest BCUT2D eigenvalue weighted by Crippen LogP contribution is -1.96. The fourth-order valence-electron chi connectivity index (χ4n) is 5.77. The van der Waals surface area contributed by atoms with E-state index in [4.69, 9.17) is 0 Å². The van der Waals surface area contributed by atoms with E-state index in [9.17, 15) is 0 Å². The molecule has 0 saturated carbocycles. The van der Waals surface area contributed by atoms with Gasteiger partial charge in [0.25, 0.3) is 0 Å². The maximum atomic E-state index is 2.34. The summed E-state index contributed by atoms with van der Waals surface area (Å²) in [6.07, 6.45) is 2.00. The van der Waals surface area contributed by atoms with Gasteiger partial charge in [-0.15, -0.1) is 0 Å². The van der Waals surface area contributed by atoms with Crippen LogP contribution in [-0.2, 0) is 12.8 Å². The smallest absolute Gasteiger partial charge is 0.000706 e. The monoisotopic (exact) mass is 406 g/mol. The average molecular weight is 407 g/mol. The van der Waals surface area contributed by atoms with Crippen molar-refractivity contribution in [2.75, 3.05) is 0 Å². The third-order valence-electron chi connectivity index (χ3n) is 7.19. The third kappa shape index (κ3) is 2.50. The first-order valence-electron chi connectivity index (χ1n) is 11.4. The second kappa shape index (κ2) is 6.80. The van der Waals surface area contributed by atoms with Gasteiger partial charge < -0.3 is 0 Å². The van der Waals surface area contributed by atoms with Crippen LogP contribution < -0.4 is 0 Å². The van der Waals surface area contributed by atoms with Crippen molar-refractivity contribution < 1.29 is 0 Å². The SMILES string of the molecule is c1ccc(-c2ccc3c(c2-c2cccc4c2Cc2ccccc2-4)Cc2ccccc2-3)cc1. The normalized spacial score (nSPS) is 12.8. The molecule has 150 valence electrons. The highest BCUT2D eigenvalue weighted by molar-refractivity contribution is 5.97. The largest absolute Gasteiger partial charge is 0.0622 e. The molecule has 0 amide bonds. The minimum atomic E-state index is 0.998. The van der Waals surface area contributed by atoms with Crippen LogP contribution in [-0.4, -0.2) is 0 Å². The molecular formula is C32H22. The lowest BCUT2D eigenvalue weighted by Gasteiger charge is -2.18. The number of hydrogen-bond donors (Lipinski definition) is 0. The lowest BCUT2D eigenvalue weighted by atomic mass is 9.85. The Kier molecular flexibility index (Phi) is 3.77. The van der Waals surface area contributed by atoms with Crippen LogP contribution in [0.4, 0.5) is 0 Å². The van der Waals surface area contributed by atoms with E-state index in [-0.39, 0.29) is 0 Å². The summed E-state index contributed by atoms with van der Waals surface area (Å²) in [4.78, 5) is 0. The highest BCUT2D eigenvalue weighted by Gasteiger charge is 2.28. The molecule has 0 fully saturated rings. The molecule has 0 atom stereocenters. The summed E-state index contributed by atoms with van der Waals surface area (Å²) in [5.41, 5.74) is 16.8. The summed E-state index contributed by atoms with van der Waals surface area (Å²) in [6, 6.07) is 40.2. The maximum absolute atomic E-state index is 2.34. The lowest BCUT2D eigenvalue weighted by molar-refractivity contribution is 1.24. The molecule has 0 spiro atoms. The van der Waals surface area contributed by atoms with Gasteiger partial charge in [-0.1, -0.05) is 109 Å². The van der Waals surface area contributed by atoms with Gasteiger partial charge in [0.15, 0.2) is 0 Å². The van der Waals surface area contributed by atoms with Gasteiger partial charge in [0.05, 0.1) is 0 Å². The van der Waals surface area contributed by atoms with Gasteiger partial charge in [0.2, 0.25) is 0 Å². The predicted octanol–water partition coefficient (Wildman–Crippen LogP) is 8.16. The molecule has 2 aliphatic rings. The molecular weight excluding hydrogens is 384 g/mol. The predicted molar refractivity (Wildman–Crippen MR) is 134 cm³/mol. The fourth-order valence-corrected chi connectivity index (χ4v) is 5.77. The Morgan fingerprint density at radius 3 is 1.62 bits per heavy atom. The summed E-state index contributed by atoms with van der Waals surface area (Å²) in [7, 11) is 0. The van der Waals surface area contributed by atoms with Crippen molar-refractivity contribution in [3.63, 3.8) is 0 Å². The molecule has 0 aliphatic heterocycles. The first kappa shape index (κ1) is 17.7. The topological polar surface area (TPSA) is 0 Å². The number of hydrogen-bond acceptors (Lipinski definition) is 0. The van der Waals surface area contributed by atoms with E-state index >= 15 is 0 Å². The van der Waals surface area contributed by atoms with Crippen LogP contribution in [0.2, 0.25) is 0 Å². The van der Waals surface area contributed by atoms with Crippen LogP contribution >= 0.6 is 0 Å². The Labute approximate surface area is 188 Å². The van der Waals surface area contributed by atoms with Gasteiger partial charge in [0, 0.05) is 0 Å². The molecule has 0 N–H and O–H groups in total. The molecule has 5 aromatic carbocycles. The number of benzene rings is 5. The Bertz CT molecular complexity index is 1510. The van der Waals surface area contributed by atoms with Crippen LogP contribution in [0.5, 0.6) is 0 Å². The molecule has 0 bridgehead atoms. The van der Waals surface area contributed by atoms with E-state index in [1.165, 1.54) is 66.8 Å². The van der Waals surface area contributed by atoms with Crippen molar-refractivity contribution in [3.05, 3.63) is 131 Å². The first-order chi connectivity index (χ1) is 15.9. The number of fused-ring (bicyclic) bond motifs is 6. The van der Waals surface area contributed by atoms with Crippen LogP contribution in [0, 0.1) is 0 Å². The van der Waals surface area contributed by atoms with Gasteiger partial charge in [0.1, 0.15) is 0 Å². The van der Waals surface area contributed by atoms with E-state index in [0.717, 1.165) is 12.8 Å². The van der Waals surface area contributed by atoms with E-state index in [1.807, 2.05) is 0 Å². The maximum Gasteiger partial charge on any atom is -0.000706 e. The highest BCUT2D eigenvalue weighted by Crippen LogP contribution is 2.49. The molecule has 5 aromatic rings. The molecule has 0 radical (unpaired) electrons. The van der Waals surface area contributed by atoms with Gasteiger partial charge in [-0.05, 0) is 79.6 Å². The van der Waals surface area contributed by atoms with Crippen LogP contribution in [0.3, 0.4) is 0 Å². The van der Waals surface area contributed by atoms with Crippen molar-refractivity contribution >= 4 is 0 Å². The molecule has 0 heteroatoms. The molecule has 0 unspecified atom stereocenters. The second-order valence-corrected chi connectivity index (χ2v) is 8.88. The zero-order valence-corrected chi connectivity index (χ0v) is 17.8. The van der Waals surface area contributed by atoms with E-state index in [0.29, 0.717) is 0 Å². The van der Waals surface area contributed by atoms with Crippen LogP contribution in [0.1, 0.15) is 22.3 Å². The van der Waals surface area contributed by atoms with E-state index < -0.39 is 0 Å². The molecule has 0 heterocycles. The molecule has 0 saturated heterocycles.